The van der Waals surface area contributed by atoms with Crippen LogP contribution >= 0.6 is 0 Å². The second-order valence-corrected chi connectivity index (χ2v) is 6.56. The summed E-state index contributed by atoms with van der Waals surface area (Å²) in [7, 11) is 3.35. The van der Waals surface area contributed by atoms with Gasteiger partial charge in [-0.05, 0) is 31.5 Å². The highest BCUT2D eigenvalue weighted by Gasteiger charge is 2.18. The lowest BCUT2D eigenvalue weighted by Gasteiger charge is -2.36. The molecule has 0 radical (unpaired) electrons. The number of para-hydroxylation sites is 2. The van der Waals surface area contributed by atoms with Gasteiger partial charge in [0.05, 0.1) is 19.9 Å². The van der Waals surface area contributed by atoms with Gasteiger partial charge in [-0.2, -0.15) is 4.98 Å². The van der Waals surface area contributed by atoms with E-state index >= 15 is 0 Å². The van der Waals surface area contributed by atoms with E-state index in [9.17, 15) is 0 Å². The summed E-state index contributed by atoms with van der Waals surface area (Å²) in [6.07, 6.45) is 3.95. The van der Waals surface area contributed by atoms with Gasteiger partial charge < -0.3 is 19.7 Å². The van der Waals surface area contributed by atoms with Crippen molar-refractivity contribution in [2.45, 2.75) is 12.8 Å². The lowest BCUT2D eigenvalue weighted by atomic mass is 10.2. The third kappa shape index (κ3) is 5.47. The van der Waals surface area contributed by atoms with Gasteiger partial charge in [0.2, 0.25) is 11.8 Å². The first-order valence-electron chi connectivity index (χ1n) is 9.51. The lowest BCUT2D eigenvalue weighted by molar-refractivity contribution is 0.253. The molecule has 1 N–H and O–H groups in total. The van der Waals surface area contributed by atoms with Crippen LogP contribution in [-0.4, -0.2) is 68.4 Å². The second-order valence-electron chi connectivity index (χ2n) is 6.56. The molecule has 1 aliphatic rings. The zero-order valence-corrected chi connectivity index (χ0v) is 16.2. The number of aromatic nitrogens is 2. The molecular weight excluding hydrogens is 342 g/mol. The van der Waals surface area contributed by atoms with Gasteiger partial charge in [-0.3, -0.25) is 4.90 Å². The molecule has 7 heteroatoms. The normalized spacial score (nSPS) is 14.8. The molecule has 0 bridgehead atoms. The molecule has 7 nitrogen and oxygen atoms in total. The van der Waals surface area contributed by atoms with E-state index in [-0.39, 0.29) is 0 Å². The van der Waals surface area contributed by atoms with Crippen molar-refractivity contribution < 1.29 is 9.47 Å². The Balaban J connectivity index is 1.34. The molecule has 1 fully saturated rings. The monoisotopic (exact) mass is 371 g/mol. The van der Waals surface area contributed by atoms with E-state index in [1.54, 1.807) is 26.5 Å². The van der Waals surface area contributed by atoms with Crippen LogP contribution in [0.1, 0.15) is 12.8 Å². The van der Waals surface area contributed by atoms with Crippen LogP contribution in [0.4, 0.5) is 11.6 Å². The smallest absolute Gasteiger partial charge is 0.225 e. The quantitative estimate of drug-likeness (QED) is 0.680. The van der Waals surface area contributed by atoms with Crippen LogP contribution in [0.3, 0.4) is 0 Å². The van der Waals surface area contributed by atoms with E-state index < -0.39 is 0 Å². The zero-order chi connectivity index (χ0) is 18.9. The summed E-state index contributed by atoms with van der Waals surface area (Å²) in [6.45, 7) is 6.25. The van der Waals surface area contributed by atoms with Crippen molar-refractivity contribution >= 4 is 11.6 Å². The van der Waals surface area contributed by atoms with Gasteiger partial charge in [0, 0.05) is 45.0 Å². The predicted molar refractivity (Wildman–Crippen MR) is 108 cm³/mol. The molecule has 0 saturated carbocycles. The van der Waals surface area contributed by atoms with E-state index in [1.165, 1.54) is 5.69 Å². The topological polar surface area (TPSA) is 62.8 Å². The first-order valence-corrected chi connectivity index (χ1v) is 9.51. The van der Waals surface area contributed by atoms with Gasteiger partial charge in [0.25, 0.3) is 0 Å². The van der Waals surface area contributed by atoms with Crippen molar-refractivity contribution in [1.82, 2.24) is 14.9 Å². The Bertz CT molecular complexity index is 704. The summed E-state index contributed by atoms with van der Waals surface area (Å²) in [5.41, 5.74) is 1.20. The SMILES string of the molecule is COc1ccnc(NCCCCN2CCN(c3ccccc3OC)CC2)n1. The molecule has 27 heavy (non-hydrogen) atoms. The van der Waals surface area contributed by atoms with Crippen molar-refractivity contribution in [2.24, 2.45) is 0 Å². The summed E-state index contributed by atoms with van der Waals surface area (Å²) in [5.74, 6) is 2.16. The molecule has 3 rings (SSSR count). The number of piperazine rings is 1. The fourth-order valence-corrected chi connectivity index (χ4v) is 3.31. The van der Waals surface area contributed by atoms with Crippen LogP contribution in [0.25, 0.3) is 0 Å². The number of benzene rings is 1. The molecule has 0 atom stereocenters. The van der Waals surface area contributed by atoms with E-state index in [2.05, 4.69) is 37.2 Å². The van der Waals surface area contributed by atoms with Crippen molar-refractivity contribution in [1.29, 1.82) is 0 Å². The summed E-state index contributed by atoms with van der Waals surface area (Å²) >= 11 is 0. The maximum Gasteiger partial charge on any atom is 0.225 e. The average Bonchev–Trinajstić information content (AvgIpc) is 2.74. The molecule has 2 heterocycles. The van der Waals surface area contributed by atoms with Crippen molar-refractivity contribution in [3.05, 3.63) is 36.5 Å². The molecule has 0 amide bonds. The Morgan fingerprint density at radius 1 is 1.00 bits per heavy atom. The fourth-order valence-electron chi connectivity index (χ4n) is 3.31. The Morgan fingerprint density at radius 3 is 2.59 bits per heavy atom. The molecule has 1 aromatic heterocycles. The molecule has 146 valence electrons. The maximum atomic E-state index is 5.49. The Kier molecular flexibility index (Phi) is 7.10. The molecule has 1 aromatic carbocycles. The summed E-state index contributed by atoms with van der Waals surface area (Å²) in [4.78, 5) is 13.4. The number of anilines is 2. The van der Waals surface area contributed by atoms with Gasteiger partial charge in [0.1, 0.15) is 5.75 Å². The highest BCUT2D eigenvalue weighted by atomic mass is 16.5. The summed E-state index contributed by atoms with van der Waals surface area (Å²) in [5, 5.41) is 3.26. The zero-order valence-electron chi connectivity index (χ0n) is 16.2. The summed E-state index contributed by atoms with van der Waals surface area (Å²) < 4.78 is 10.6. The van der Waals surface area contributed by atoms with E-state index in [1.807, 2.05) is 12.1 Å². The highest BCUT2D eigenvalue weighted by molar-refractivity contribution is 5.58. The van der Waals surface area contributed by atoms with Crippen LogP contribution in [0.5, 0.6) is 11.6 Å². The van der Waals surface area contributed by atoms with Crippen molar-refractivity contribution in [3.8, 4) is 11.6 Å². The lowest BCUT2D eigenvalue weighted by Crippen LogP contribution is -2.46. The number of hydrogen-bond acceptors (Lipinski definition) is 7. The fraction of sp³-hybridized carbons (Fsp3) is 0.500. The third-order valence-corrected chi connectivity index (χ3v) is 4.82. The Labute approximate surface area is 161 Å². The van der Waals surface area contributed by atoms with Crippen LogP contribution in [0.2, 0.25) is 0 Å². The average molecular weight is 371 g/mol. The molecule has 2 aromatic rings. The van der Waals surface area contributed by atoms with E-state index in [4.69, 9.17) is 9.47 Å². The maximum absolute atomic E-state index is 5.49. The van der Waals surface area contributed by atoms with E-state index in [0.29, 0.717) is 11.8 Å². The molecule has 0 spiro atoms. The number of rotatable bonds is 9. The summed E-state index contributed by atoms with van der Waals surface area (Å²) in [6, 6.07) is 10.0. The van der Waals surface area contributed by atoms with Crippen LogP contribution < -0.4 is 19.7 Å². The number of ether oxygens (including phenoxy) is 2. The number of hydrogen-bond donors (Lipinski definition) is 1. The first-order chi connectivity index (χ1) is 13.3. The molecule has 0 aliphatic carbocycles. The van der Waals surface area contributed by atoms with Gasteiger partial charge in [-0.15, -0.1) is 0 Å². The van der Waals surface area contributed by atoms with Crippen molar-refractivity contribution in [3.63, 3.8) is 0 Å². The number of nitrogens with zero attached hydrogens (tertiary/aromatic N) is 4. The van der Waals surface area contributed by atoms with Gasteiger partial charge >= 0.3 is 0 Å². The number of methoxy groups -OCH3 is 2. The Morgan fingerprint density at radius 2 is 1.81 bits per heavy atom. The molecular formula is C20H29N5O2. The Hall–Kier alpha value is -2.54. The number of nitrogens with one attached hydrogen (secondary N) is 1. The number of unbranched alkanes of at least 4 members (excludes halogenated alkanes) is 1. The third-order valence-electron chi connectivity index (χ3n) is 4.82. The molecule has 0 unspecified atom stereocenters. The van der Waals surface area contributed by atoms with Crippen LogP contribution in [0.15, 0.2) is 36.5 Å². The minimum absolute atomic E-state index is 0.584. The second kappa shape index (κ2) is 9.97. The standard InChI is InChI=1S/C20H29N5O2/c1-26-18-8-4-3-7-17(18)25-15-13-24(14-16-25)12-6-5-10-21-20-22-11-9-19(23-20)27-2/h3-4,7-9,11H,5-6,10,12-16H2,1-2H3,(H,21,22,23). The molecule has 1 saturated heterocycles. The predicted octanol–water partition coefficient (Wildman–Crippen LogP) is 2.51. The van der Waals surface area contributed by atoms with Crippen LogP contribution in [-0.2, 0) is 0 Å². The molecule has 1 aliphatic heterocycles. The minimum Gasteiger partial charge on any atom is -0.495 e. The van der Waals surface area contributed by atoms with Crippen molar-refractivity contribution in [2.75, 3.05) is 63.7 Å². The van der Waals surface area contributed by atoms with Gasteiger partial charge in [0.15, 0.2) is 0 Å². The van der Waals surface area contributed by atoms with Gasteiger partial charge in [-0.1, -0.05) is 12.1 Å². The van der Waals surface area contributed by atoms with E-state index in [0.717, 1.165) is 57.9 Å². The highest BCUT2D eigenvalue weighted by Crippen LogP contribution is 2.28. The largest absolute Gasteiger partial charge is 0.495 e. The minimum atomic E-state index is 0.584. The first kappa shape index (κ1) is 19.2. The van der Waals surface area contributed by atoms with Gasteiger partial charge in [-0.25, -0.2) is 4.98 Å². The van der Waals surface area contributed by atoms with Crippen LogP contribution in [0, 0.1) is 0 Å².